The lowest BCUT2D eigenvalue weighted by molar-refractivity contribution is 0.0696. The van der Waals surface area contributed by atoms with Crippen LogP contribution in [0, 0.1) is 0 Å². The van der Waals surface area contributed by atoms with Gasteiger partial charge >= 0.3 is 11.9 Å². The van der Waals surface area contributed by atoms with Crippen LogP contribution in [0.3, 0.4) is 0 Å². The van der Waals surface area contributed by atoms with Crippen molar-refractivity contribution >= 4 is 39.5 Å². The van der Waals surface area contributed by atoms with E-state index in [4.69, 9.17) is 14.6 Å². The van der Waals surface area contributed by atoms with Crippen LogP contribution in [0.5, 0.6) is 0 Å². The number of carbonyl (C=O) groups excluding carboxylic acids is 1. The zero-order valence-corrected chi connectivity index (χ0v) is 11.9. The Labute approximate surface area is 126 Å². The van der Waals surface area contributed by atoms with Crippen molar-refractivity contribution in [3.63, 3.8) is 0 Å². The summed E-state index contributed by atoms with van der Waals surface area (Å²) in [5.41, 5.74) is -0.217. The summed E-state index contributed by atoms with van der Waals surface area (Å²) in [5.74, 6) is -3.15. The van der Waals surface area contributed by atoms with Crippen LogP contribution in [0.2, 0.25) is 0 Å². The minimum atomic E-state index is -1.29. The molecule has 0 spiro atoms. The number of hydrogen-bond acceptors (Lipinski definition) is 4. The molecule has 0 saturated heterocycles. The summed E-state index contributed by atoms with van der Waals surface area (Å²) >= 11 is 3.04. The van der Waals surface area contributed by atoms with Crippen molar-refractivity contribution in [2.45, 2.75) is 0 Å². The molecule has 2 rings (SSSR count). The van der Waals surface area contributed by atoms with E-state index in [1.54, 1.807) is 0 Å². The quantitative estimate of drug-likeness (QED) is 0.777. The summed E-state index contributed by atoms with van der Waals surface area (Å²) in [5, 5.41) is 20.3. The van der Waals surface area contributed by atoms with Crippen LogP contribution in [0.15, 0.2) is 39.6 Å². The van der Waals surface area contributed by atoms with Crippen LogP contribution < -0.4 is 5.32 Å². The number of rotatable bonds is 4. The molecule has 0 bridgehead atoms. The van der Waals surface area contributed by atoms with Crippen LogP contribution in [0.25, 0.3) is 0 Å². The molecule has 1 aromatic heterocycles. The lowest BCUT2D eigenvalue weighted by atomic mass is 10.1. The normalized spacial score (nSPS) is 10.1. The number of benzene rings is 1. The van der Waals surface area contributed by atoms with E-state index in [1.807, 2.05) is 0 Å². The Kier molecular flexibility index (Phi) is 4.08. The number of anilines is 1. The van der Waals surface area contributed by atoms with E-state index in [-0.39, 0.29) is 27.0 Å². The average molecular weight is 354 g/mol. The Morgan fingerprint density at radius 2 is 1.62 bits per heavy atom. The van der Waals surface area contributed by atoms with Crippen LogP contribution in [0.1, 0.15) is 31.1 Å². The highest BCUT2D eigenvalue weighted by Crippen LogP contribution is 2.21. The van der Waals surface area contributed by atoms with Crippen LogP contribution >= 0.6 is 15.9 Å². The minimum absolute atomic E-state index is 0.0606. The second-order valence-corrected chi connectivity index (χ2v) is 4.69. The van der Waals surface area contributed by atoms with Gasteiger partial charge in [-0.15, -0.1) is 0 Å². The number of carboxylic acid groups (broad SMARTS) is 2. The Bertz CT molecular complexity index is 704. The van der Waals surface area contributed by atoms with Gasteiger partial charge < -0.3 is 19.9 Å². The first-order chi connectivity index (χ1) is 9.88. The van der Waals surface area contributed by atoms with E-state index in [2.05, 4.69) is 21.2 Å². The van der Waals surface area contributed by atoms with Gasteiger partial charge in [0, 0.05) is 5.69 Å². The predicted octanol–water partition coefficient (Wildman–Crippen LogP) is 2.69. The zero-order valence-electron chi connectivity index (χ0n) is 10.3. The van der Waals surface area contributed by atoms with Crippen molar-refractivity contribution < 1.29 is 29.0 Å². The third kappa shape index (κ3) is 3.29. The highest BCUT2D eigenvalue weighted by Gasteiger charge is 2.16. The topological polar surface area (TPSA) is 117 Å². The van der Waals surface area contributed by atoms with Gasteiger partial charge in [0.2, 0.25) is 0 Å². The molecule has 0 radical (unpaired) electrons. The molecule has 1 aromatic carbocycles. The summed E-state index contributed by atoms with van der Waals surface area (Å²) in [6.45, 7) is 0. The van der Waals surface area contributed by atoms with Crippen molar-refractivity contribution in [2.75, 3.05) is 5.32 Å². The van der Waals surface area contributed by atoms with Crippen molar-refractivity contribution in [1.82, 2.24) is 0 Å². The van der Waals surface area contributed by atoms with E-state index >= 15 is 0 Å². The highest BCUT2D eigenvalue weighted by molar-refractivity contribution is 9.10. The Hall–Kier alpha value is -2.61. The maximum atomic E-state index is 12.0. The summed E-state index contributed by atoms with van der Waals surface area (Å²) < 4.78 is 5.13. The van der Waals surface area contributed by atoms with Crippen molar-refractivity contribution in [2.24, 2.45) is 0 Å². The van der Waals surface area contributed by atoms with Gasteiger partial charge in [-0.2, -0.15) is 0 Å². The average Bonchev–Trinajstić information content (AvgIpc) is 2.84. The first-order valence-corrected chi connectivity index (χ1v) is 6.34. The molecule has 0 aliphatic rings. The molecule has 8 heteroatoms. The van der Waals surface area contributed by atoms with Crippen molar-refractivity contribution in [1.29, 1.82) is 0 Å². The molecular formula is C13H8BrNO6. The number of carbonyl (C=O) groups is 3. The fourth-order valence-electron chi connectivity index (χ4n) is 1.60. The van der Waals surface area contributed by atoms with Gasteiger partial charge in [-0.25, -0.2) is 9.59 Å². The van der Waals surface area contributed by atoms with Gasteiger partial charge in [0.25, 0.3) is 5.91 Å². The molecule has 3 N–H and O–H groups in total. The molecule has 0 aliphatic heterocycles. The molecule has 0 unspecified atom stereocenters. The highest BCUT2D eigenvalue weighted by atomic mass is 79.9. The third-order valence-corrected chi connectivity index (χ3v) is 3.16. The summed E-state index contributed by atoms with van der Waals surface area (Å²) in [6.07, 6.45) is 1.30. The second-order valence-electron chi connectivity index (χ2n) is 3.97. The molecule has 108 valence electrons. The maximum absolute atomic E-state index is 12.0. The van der Waals surface area contributed by atoms with Gasteiger partial charge in [0.05, 0.1) is 23.0 Å². The van der Waals surface area contributed by atoms with Crippen LogP contribution in [-0.4, -0.2) is 28.1 Å². The fraction of sp³-hybridized carbons (Fsp3) is 0. The Morgan fingerprint density at radius 1 is 1.05 bits per heavy atom. The molecule has 0 atom stereocenters. The van der Waals surface area contributed by atoms with Crippen molar-refractivity contribution in [3.8, 4) is 0 Å². The summed E-state index contributed by atoms with van der Waals surface area (Å²) in [6, 6.07) is 4.76. The molecular weight excluding hydrogens is 346 g/mol. The first kappa shape index (κ1) is 14.8. The number of aromatic carboxylic acids is 2. The monoisotopic (exact) mass is 353 g/mol. The Morgan fingerprint density at radius 3 is 2.05 bits per heavy atom. The standard InChI is InChI=1S/C13H8BrNO6/c14-10-9(1-2-21-10)11(16)15-8-4-6(12(17)18)3-7(5-8)13(19)20/h1-5H,(H,15,16)(H,17,18)(H,19,20). The molecule has 1 heterocycles. The molecule has 0 fully saturated rings. The molecule has 0 aliphatic carbocycles. The Balaban J connectivity index is 2.35. The number of hydrogen-bond donors (Lipinski definition) is 3. The smallest absolute Gasteiger partial charge is 0.335 e. The largest absolute Gasteiger partial charge is 0.478 e. The summed E-state index contributed by atoms with van der Waals surface area (Å²) in [4.78, 5) is 33.9. The zero-order chi connectivity index (χ0) is 15.6. The van der Waals surface area contributed by atoms with Gasteiger partial charge in [-0.3, -0.25) is 4.79 Å². The number of furan rings is 1. The van der Waals surface area contributed by atoms with Gasteiger partial charge in [0.1, 0.15) is 0 Å². The van der Waals surface area contributed by atoms with Gasteiger partial charge in [-0.05, 0) is 40.2 Å². The third-order valence-electron chi connectivity index (χ3n) is 2.55. The molecule has 0 saturated carbocycles. The molecule has 2 aromatic rings. The molecule has 21 heavy (non-hydrogen) atoms. The van der Waals surface area contributed by atoms with Crippen molar-refractivity contribution in [3.05, 3.63) is 51.9 Å². The van der Waals surface area contributed by atoms with E-state index in [9.17, 15) is 14.4 Å². The number of amides is 1. The van der Waals surface area contributed by atoms with Crippen LogP contribution in [-0.2, 0) is 0 Å². The fourth-order valence-corrected chi connectivity index (χ4v) is 2.02. The van der Waals surface area contributed by atoms with E-state index in [1.165, 1.54) is 24.5 Å². The number of halogens is 1. The predicted molar refractivity (Wildman–Crippen MR) is 74.7 cm³/mol. The number of nitrogens with one attached hydrogen (secondary N) is 1. The van der Waals surface area contributed by atoms with Crippen LogP contribution in [0.4, 0.5) is 5.69 Å². The second kappa shape index (κ2) is 5.80. The van der Waals surface area contributed by atoms with E-state index in [0.717, 1.165) is 6.07 Å². The lowest BCUT2D eigenvalue weighted by Gasteiger charge is -2.07. The SMILES string of the molecule is O=C(O)c1cc(NC(=O)c2ccoc2Br)cc(C(=O)O)c1. The van der Waals surface area contributed by atoms with Gasteiger partial charge in [-0.1, -0.05) is 0 Å². The summed E-state index contributed by atoms with van der Waals surface area (Å²) in [7, 11) is 0. The van der Waals surface area contributed by atoms with Gasteiger partial charge in [0.15, 0.2) is 4.67 Å². The van der Waals surface area contributed by atoms with E-state index in [0.29, 0.717) is 0 Å². The molecule has 7 nitrogen and oxygen atoms in total. The minimum Gasteiger partial charge on any atom is -0.478 e. The first-order valence-electron chi connectivity index (χ1n) is 5.54. The molecule has 1 amide bonds. The number of carboxylic acids is 2. The lowest BCUT2D eigenvalue weighted by Crippen LogP contribution is -2.13. The maximum Gasteiger partial charge on any atom is 0.335 e. The van der Waals surface area contributed by atoms with E-state index < -0.39 is 17.8 Å².